The smallest absolute Gasteiger partial charge is 0.00504 e. The molecule has 0 fully saturated rings. The molecular weight excluding hydrogens is 168 g/mol. The van der Waals surface area contributed by atoms with E-state index in [2.05, 4.69) is 52.0 Å². The second kappa shape index (κ2) is 3.27. The zero-order valence-corrected chi connectivity index (χ0v) is 9.46. The van der Waals surface area contributed by atoms with Crippen molar-refractivity contribution >= 4 is 6.08 Å². The van der Waals surface area contributed by atoms with Gasteiger partial charge in [-0.25, -0.2) is 0 Å². The summed E-state index contributed by atoms with van der Waals surface area (Å²) in [6.07, 6.45) is 4.64. The lowest BCUT2D eigenvalue weighted by Gasteiger charge is -2.16. The van der Waals surface area contributed by atoms with Crippen molar-refractivity contribution in [1.82, 2.24) is 0 Å². The molecule has 1 aliphatic rings. The van der Waals surface area contributed by atoms with Gasteiger partial charge < -0.3 is 0 Å². The number of allylic oxidation sites excluding steroid dienone is 1. The van der Waals surface area contributed by atoms with Crippen molar-refractivity contribution in [2.45, 2.75) is 33.6 Å². The summed E-state index contributed by atoms with van der Waals surface area (Å²) in [5.41, 5.74) is 5.78. The highest BCUT2D eigenvalue weighted by Gasteiger charge is 2.21. The van der Waals surface area contributed by atoms with E-state index < -0.39 is 0 Å². The third-order valence-corrected chi connectivity index (χ3v) is 3.11. The number of aryl methyl sites for hydroxylation is 2. The number of benzene rings is 1. The second-order valence-corrected chi connectivity index (χ2v) is 4.71. The molecule has 0 nitrogen and oxygen atoms in total. The van der Waals surface area contributed by atoms with Crippen LogP contribution in [-0.4, -0.2) is 0 Å². The van der Waals surface area contributed by atoms with Gasteiger partial charge >= 0.3 is 0 Å². The topological polar surface area (TPSA) is 0 Å². The lowest BCUT2D eigenvalue weighted by Crippen LogP contribution is -2.02. The van der Waals surface area contributed by atoms with Crippen molar-refractivity contribution < 1.29 is 0 Å². The van der Waals surface area contributed by atoms with E-state index in [1.54, 1.807) is 0 Å². The summed E-state index contributed by atoms with van der Waals surface area (Å²) in [4.78, 5) is 0. The molecule has 0 amide bonds. The monoisotopic (exact) mass is 186 g/mol. The molecule has 0 heteroatoms. The molecule has 0 aromatic heterocycles. The quantitative estimate of drug-likeness (QED) is 0.620. The Morgan fingerprint density at radius 3 is 2.50 bits per heavy atom. The Bertz CT molecular complexity index is 383. The minimum absolute atomic E-state index is 0.628. The Labute approximate surface area is 86.7 Å². The third kappa shape index (κ3) is 1.39. The molecule has 0 radical (unpaired) electrons. The average Bonchev–Trinajstić information content (AvgIpc) is 2.47. The summed E-state index contributed by atoms with van der Waals surface area (Å²) in [6, 6.07) is 4.61. The first-order valence-electron chi connectivity index (χ1n) is 5.39. The van der Waals surface area contributed by atoms with E-state index in [0.29, 0.717) is 11.8 Å². The van der Waals surface area contributed by atoms with E-state index in [1.165, 1.54) is 22.3 Å². The highest BCUT2D eigenvalue weighted by molar-refractivity contribution is 5.66. The molecule has 74 valence electrons. The maximum atomic E-state index is 2.35. The fourth-order valence-corrected chi connectivity index (χ4v) is 2.40. The SMILES string of the molecule is Cc1cc(C)c2c(c1)C(C(C)C)C=C2. The molecule has 14 heavy (non-hydrogen) atoms. The second-order valence-electron chi connectivity index (χ2n) is 4.71. The summed E-state index contributed by atoms with van der Waals surface area (Å²) in [5, 5.41) is 0. The van der Waals surface area contributed by atoms with Gasteiger partial charge in [-0.05, 0) is 36.5 Å². The van der Waals surface area contributed by atoms with Crippen molar-refractivity contribution in [3.63, 3.8) is 0 Å². The van der Waals surface area contributed by atoms with Crippen molar-refractivity contribution in [2.75, 3.05) is 0 Å². The van der Waals surface area contributed by atoms with Gasteiger partial charge in [0.15, 0.2) is 0 Å². The van der Waals surface area contributed by atoms with Gasteiger partial charge in [-0.15, -0.1) is 0 Å². The first-order chi connectivity index (χ1) is 6.59. The van der Waals surface area contributed by atoms with Gasteiger partial charge in [-0.3, -0.25) is 0 Å². The van der Waals surface area contributed by atoms with E-state index >= 15 is 0 Å². The Morgan fingerprint density at radius 2 is 1.86 bits per heavy atom. The van der Waals surface area contributed by atoms with Crippen LogP contribution in [0.15, 0.2) is 18.2 Å². The zero-order chi connectivity index (χ0) is 10.3. The molecule has 0 spiro atoms. The summed E-state index contributed by atoms with van der Waals surface area (Å²) < 4.78 is 0. The predicted octanol–water partition coefficient (Wildman–Crippen LogP) is 4.07. The Morgan fingerprint density at radius 1 is 1.14 bits per heavy atom. The van der Waals surface area contributed by atoms with E-state index in [4.69, 9.17) is 0 Å². The molecule has 0 aliphatic heterocycles. The zero-order valence-electron chi connectivity index (χ0n) is 9.46. The van der Waals surface area contributed by atoms with Crippen molar-refractivity contribution in [2.24, 2.45) is 5.92 Å². The molecule has 1 unspecified atom stereocenters. The van der Waals surface area contributed by atoms with Crippen LogP contribution in [0.5, 0.6) is 0 Å². The lowest BCUT2D eigenvalue weighted by molar-refractivity contribution is 0.584. The largest absolute Gasteiger partial charge is 0.0761 e. The fraction of sp³-hybridized carbons (Fsp3) is 0.429. The van der Waals surface area contributed by atoms with Crippen LogP contribution in [0.2, 0.25) is 0 Å². The number of hydrogen-bond acceptors (Lipinski definition) is 0. The average molecular weight is 186 g/mol. The van der Waals surface area contributed by atoms with Crippen LogP contribution in [0.3, 0.4) is 0 Å². The molecule has 1 aliphatic carbocycles. The normalized spacial score (nSPS) is 19.1. The molecule has 0 N–H and O–H groups in total. The molecular formula is C14H18. The van der Waals surface area contributed by atoms with Crippen molar-refractivity contribution in [3.05, 3.63) is 40.5 Å². The van der Waals surface area contributed by atoms with Gasteiger partial charge in [0.05, 0.1) is 0 Å². The summed E-state index contributed by atoms with van der Waals surface area (Å²) in [5.74, 6) is 1.33. The van der Waals surface area contributed by atoms with Gasteiger partial charge in [0.25, 0.3) is 0 Å². The van der Waals surface area contributed by atoms with E-state index in [9.17, 15) is 0 Å². The molecule has 0 heterocycles. The lowest BCUT2D eigenvalue weighted by atomic mass is 9.88. The van der Waals surface area contributed by atoms with Crippen LogP contribution in [0, 0.1) is 19.8 Å². The van der Waals surface area contributed by atoms with E-state index in [1.807, 2.05) is 0 Å². The summed E-state index contributed by atoms with van der Waals surface area (Å²) >= 11 is 0. The van der Waals surface area contributed by atoms with Gasteiger partial charge in [-0.1, -0.05) is 43.7 Å². The molecule has 1 aromatic rings. The van der Waals surface area contributed by atoms with Gasteiger partial charge in [0, 0.05) is 5.92 Å². The Hall–Kier alpha value is -1.04. The van der Waals surface area contributed by atoms with E-state index in [0.717, 1.165) is 0 Å². The van der Waals surface area contributed by atoms with Crippen LogP contribution in [0.1, 0.15) is 42.0 Å². The first-order valence-corrected chi connectivity index (χ1v) is 5.39. The van der Waals surface area contributed by atoms with Gasteiger partial charge in [0.1, 0.15) is 0 Å². The Balaban J connectivity index is 2.54. The van der Waals surface area contributed by atoms with Crippen molar-refractivity contribution in [1.29, 1.82) is 0 Å². The van der Waals surface area contributed by atoms with Crippen LogP contribution >= 0.6 is 0 Å². The third-order valence-electron chi connectivity index (χ3n) is 3.11. The van der Waals surface area contributed by atoms with Crippen molar-refractivity contribution in [3.8, 4) is 0 Å². The molecule has 1 aromatic carbocycles. The summed E-state index contributed by atoms with van der Waals surface area (Å²) in [6.45, 7) is 8.98. The highest BCUT2D eigenvalue weighted by atomic mass is 14.3. The predicted molar refractivity (Wildman–Crippen MR) is 62.5 cm³/mol. The maximum Gasteiger partial charge on any atom is 0.00504 e. The number of fused-ring (bicyclic) bond motifs is 1. The Kier molecular flexibility index (Phi) is 2.22. The molecule has 0 bridgehead atoms. The van der Waals surface area contributed by atoms with Crippen LogP contribution in [-0.2, 0) is 0 Å². The highest BCUT2D eigenvalue weighted by Crippen LogP contribution is 2.37. The fourth-order valence-electron chi connectivity index (χ4n) is 2.40. The van der Waals surface area contributed by atoms with Gasteiger partial charge in [-0.2, -0.15) is 0 Å². The standard InChI is InChI=1S/C14H18/c1-9(2)12-5-6-13-11(4)7-10(3)8-14(12)13/h5-9,12H,1-4H3. The molecule has 0 saturated carbocycles. The molecule has 2 rings (SSSR count). The summed E-state index contributed by atoms with van der Waals surface area (Å²) in [7, 11) is 0. The van der Waals surface area contributed by atoms with Crippen LogP contribution < -0.4 is 0 Å². The van der Waals surface area contributed by atoms with Gasteiger partial charge in [0.2, 0.25) is 0 Å². The first kappa shape index (κ1) is 9.51. The minimum Gasteiger partial charge on any atom is -0.0761 e. The maximum absolute atomic E-state index is 2.35. The van der Waals surface area contributed by atoms with Crippen LogP contribution in [0.4, 0.5) is 0 Å². The van der Waals surface area contributed by atoms with Crippen LogP contribution in [0.25, 0.3) is 6.08 Å². The molecule has 1 atom stereocenters. The number of rotatable bonds is 1. The number of hydrogen-bond donors (Lipinski definition) is 0. The minimum atomic E-state index is 0.628. The molecule has 0 saturated heterocycles. The van der Waals surface area contributed by atoms with E-state index in [-0.39, 0.29) is 0 Å².